The standard InChI is InChI=1S/C19H18FN3O/c20-15-5-6-16-17(12-22-18(16)11-15)13-1-3-14(4-2-13)19(24)23-9-7-21-8-10-23/h1-6,11-12,21-22H,7-10H2. The molecule has 1 amide bonds. The van der Waals surface area contributed by atoms with Crippen molar-refractivity contribution in [2.75, 3.05) is 26.2 Å². The predicted molar refractivity (Wildman–Crippen MR) is 92.5 cm³/mol. The van der Waals surface area contributed by atoms with Gasteiger partial charge in [-0.25, -0.2) is 4.39 Å². The number of hydrogen-bond acceptors (Lipinski definition) is 2. The van der Waals surface area contributed by atoms with Crippen molar-refractivity contribution in [2.45, 2.75) is 0 Å². The summed E-state index contributed by atoms with van der Waals surface area (Å²) < 4.78 is 13.3. The summed E-state index contributed by atoms with van der Waals surface area (Å²) in [5.41, 5.74) is 3.48. The molecule has 0 bridgehead atoms. The summed E-state index contributed by atoms with van der Waals surface area (Å²) in [6.07, 6.45) is 1.87. The zero-order chi connectivity index (χ0) is 16.5. The van der Waals surface area contributed by atoms with Gasteiger partial charge in [0.1, 0.15) is 5.82 Å². The lowest BCUT2D eigenvalue weighted by atomic mass is 10.0. The molecule has 2 N–H and O–H groups in total. The summed E-state index contributed by atoms with van der Waals surface area (Å²) in [5.74, 6) is -0.183. The van der Waals surface area contributed by atoms with E-state index < -0.39 is 0 Å². The van der Waals surface area contributed by atoms with Gasteiger partial charge in [-0.15, -0.1) is 0 Å². The third kappa shape index (κ3) is 2.67. The molecule has 2 aromatic carbocycles. The molecule has 3 aromatic rings. The molecule has 0 radical (unpaired) electrons. The highest BCUT2D eigenvalue weighted by atomic mass is 19.1. The Balaban J connectivity index is 1.62. The van der Waals surface area contributed by atoms with Crippen LogP contribution in [0.2, 0.25) is 0 Å². The van der Waals surface area contributed by atoms with Crippen molar-refractivity contribution in [3.63, 3.8) is 0 Å². The van der Waals surface area contributed by atoms with Gasteiger partial charge < -0.3 is 15.2 Å². The molecule has 2 heterocycles. The van der Waals surface area contributed by atoms with Gasteiger partial charge in [0.25, 0.3) is 5.91 Å². The molecule has 0 aliphatic carbocycles. The smallest absolute Gasteiger partial charge is 0.253 e. The second kappa shape index (κ2) is 6.09. The summed E-state index contributed by atoms with van der Waals surface area (Å²) in [6, 6.07) is 12.3. The van der Waals surface area contributed by atoms with Crippen molar-refractivity contribution in [2.24, 2.45) is 0 Å². The lowest BCUT2D eigenvalue weighted by molar-refractivity contribution is 0.0736. The topological polar surface area (TPSA) is 48.1 Å². The number of aromatic amines is 1. The van der Waals surface area contributed by atoms with E-state index in [9.17, 15) is 9.18 Å². The largest absolute Gasteiger partial charge is 0.360 e. The number of hydrogen-bond donors (Lipinski definition) is 2. The number of nitrogens with zero attached hydrogens (tertiary/aromatic N) is 1. The van der Waals surface area contributed by atoms with E-state index in [1.807, 2.05) is 35.4 Å². The van der Waals surface area contributed by atoms with Crippen molar-refractivity contribution in [1.82, 2.24) is 15.2 Å². The fraction of sp³-hybridized carbons (Fsp3) is 0.211. The molecular formula is C19H18FN3O. The number of amides is 1. The minimum absolute atomic E-state index is 0.0732. The van der Waals surface area contributed by atoms with Crippen LogP contribution in [0.25, 0.3) is 22.0 Å². The van der Waals surface area contributed by atoms with Gasteiger partial charge in [0, 0.05) is 54.4 Å². The van der Waals surface area contributed by atoms with E-state index in [0.717, 1.165) is 48.2 Å². The number of carbonyl (C=O) groups excluding carboxylic acids is 1. The first-order chi connectivity index (χ1) is 11.7. The number of benzene rings is 2. The van der Waals surface area contributed by atoms with Crippen LogP contribution in [0.5, 0.6) is 0 Å². The number of rotatable bonds is 2. The second-order valence-electron chi connectivity index (χ2n) is 6.01. The number of halogens is 1. The van der Waals surface area contributed by atoms with E-state index >= 15 is 0 Å². The van der Waals surface area contributed by atoms with Crippen LogP contribution in [-0.2, 0) is 0 Å². The number of H-pyrrole nitrogens is 1. The Bertz CT molecular complexity index is 879. The summed E-state index contributed by atoms with van der Waals surface area (Å²) in [4.78, 5) is 17.5. The Labute approximate surface area is 139 Å². The van der Waals surface area contributed by atoms with E-state index in [1.54, 1.807) is 6.07 Å². The van der Waals surface area contributed by atoms with Crippen LogP contribution in [0.1, 0.15) is 10.4 Å². The summed E-state index contributed by atoms with van der Waals surface area (Å²) >= 11 is 0. The van der Waals surface area contributed by atoms with Crippen LogP contribution < -0.4 is 5.32 Å². The molecule has 1 saturated heterocycles. The molecule has 1 aliphatic rings. The Kier molecular flexibility index (Phi) is 3.78. The Morgan fingerprint density at radius 2 is 1.79 bits per heavy atom. The first kappa shape index (κ1) is 14.9. The fourth-order valence-corrected chi connectivity index (χ4v) is 3.18. The lowest BCUT2D eigenvalue weighted by Crippen LogP contribution is -2.46. The zero-order valence-electron chi connectivity index (χ0n) is 13.2. The van der Waals surface area contributed by atoms with Crippen molar-refractivity contribution < 1.29 is 9.18 Å². The molecule has 1 aromatic heterocycles. The Morgan fingerprint density at radius 3 is 2.54 bits per heavy atom. The van der Waals surface area contributed by atoms with E-state index in [2.05, 4.69) is 10.3 Å². The van der Waals surface area contributed by atoms with Gasteiger partial charge in [-0.05, 0) is 35.9 Å². The number of nitrogens with one attached hydrogen (secondary N) is 2. The van der Waals surface area contributed by atoms with Gasteiger partial charge in [-0.1, -0.05) is 12.1 Å². The van der Waals surface area contributed by atoms with E-state index in [1.165, 1.54) is 12.1 Å². The Hall–Kier alpha value is -2.66. The highest BCUT2D eigenvalue weighted by Gasteiger charge is 2.18. The quantitative estimate of drug-likeness (QED) is 0.761. The number of carbonyl (C=O) groups is 1. The van der Waals surface area contributed by atoms with Crippen molar-refractivity contribution >= 4 is 16.8 Å². The SMILES string of the molecule is O=C(c1ccc(-c2c[nH]c3cc(F)ccc23)cc1)N1CCNCC1. The number of aromatic nitrogens is 1. The molecular weight excluding hydrogens is 305 g/mol. The van der Waals surface area contributed by atoms with E-state index in [0.29, 0.717) is 5.56 Å². The molecule has 4 rings (SSSR count). The third-order valence-electron chi connectivity index (χ3n) is 4.49. The second-order valence-corrected chi connectivity index (χ2v) is 6.01. The number of piperazine rings is 1. The van der Waals surface area contributed by atoms with Gasteiger partial charge in [-0.2, -0.15) is 0 Å². The molecule has 4 nitrogen and oxygen atoms in total. The van der Waals surface area contributed by atoms with Crippen LogP contribution in [0.15, 0.2) is 48.7 Å². The molecule has 0 unspecified atom stereocenters. The van der Waals surface area contributed by atoms with Gasteiger partial charge >= 0.3 is 0 Å². The minimum Gasteiger partial charge on any atom is -0.360 e. The maximum Gasteiger partial charge on any atom is 0.253 e. The first-order valence-electron chi connectivity index (χ1n) is 8.09. The van der Waals surface area contributed by atoms with Gasteiger partial charge in [0.15, 0.2) is 0 Å². The molecule has 0 atom stereocenters. The summed E-state index contributed by atoms with van der Waals surface area (Å²) in [7, 11) is 0. The van der Waals surface area contributed by atoms with Crippen molar-refractivity contribution in [3.05, 3.63) is 60.0 Å². The lowest BCUT2D eigenvalue weighted by Gasteiger charge is -2.27. The van der Waals surface area contributed by atoms with Gasteiger partial charge in [-0.3, -0.25) is 4.79 Å². The highest BCUT2D eigenvalue weighted by Crippen LogP contribution is 2.29. The molecule has 24 heavy (non-hydrogen) atoms. The van der Waals surface area contributed by atoms with E-state index in [4.69, 9.17) is 0 Å². The van der Waals surface area contributed by atoms with Crippen LogP contribution in [0.3, 0.4) is 0 Å². The summed E-state index contributed by atoms with van der Waals surface area (Å²) in [6.45, 7) is 3.18. The Morgan fingerprint density at radius 1 is 1.04 bits per heavy atom. The summed E-state index contributed by atoms with van der Waals surface area (Å²) in [5, 5.41) is 4.22. The van der Waals surface area contributed by atoms with Crippen molar-refractivity contribution in [3.8, 4) is 11.1 Å². The maximum atomic E-state index is 13.3. The zero-order valence-corrected chi connectivity index (χ0v) is 13.2. The predicted octanol–water partition coefficient (Wildman–Crippen LogP) is 3.02. The maximum absolute atomic E-state index is 13.3. The first-order valence-corrected chi connectivity index (χ1v) is 8.09. The van der Waals surface area contributed by atoms with Crippen LogP contribution in [0, 0.1) is 5.82 Å². The molecule has 122 valence electrons. The minimum atomic E-state index is -0.257. The van der Waals surface area contributed by atoms with Crippen molar-refractivity contribution in [1.29, 1.82) is 0 Å². The van der Waals surface area contributed by atoms with Gasteiger partial charge in [0.05, 0.1) is 0 Å². The highest BCUT2D eigenvalue weighted by molar-refractivity contribution is 5.97. The molecule has 0 spiro atoms. The average Bonchev–Trinajstić information content (AvgIpc) is 3.05. The van der Waals surface area contributed by atoms with Crippen LogP contribution >= 0.6 is 0 Å². The average molecular weight is 323 g/mol. The fourth-order valence-electron chi connectivity index (χ4n) is 3.18. The third-order valence-corrected chi connectivity index (χ3v) is 4.49. The molecule has 5 heteroatoms. The monoisotopic (exact) mass is 323 g/mol. The van der Waals surface area contributed by atoms with Crippen LogP contribution in [-0.4, -0.2) is 42.0 Å². The van der Waals surface area contributed by atoms with Crippen LogP contribution in [0.4, 0.5) is 4.39 Å². The molecule has 0 saturated carbocycles. The molecule has 1 aliphatic heterocycles. The number of fused-ring (bicyclic) bond motifs is 1. The normalized spacial score (nSPS) is 15.0. The van der Waals surface area contributed by atoms with E-state index in [-0.39, 0.29) is 11.7 Å². The molecule has 1 fully saturated rings. The van der Waals surface area contributed by atoms with Gasteiger partial charge in [0.2, 0.25) is 0 Å².